The van der Waals surface area contributed by atoms with Gasteiger partial charge in [0.05, 0.1) is 0 Å². The van der Waals surface area contributed by atoms with E-state index in [9.17, 15) is 0 Å². The minimum absolute atomic E-state index is 0.00220. The van der Waals surface area contributed by atoms with Gasteiger partial charge in [-0.25, -0.2) is 0 Å². The van der Waals surface area contributed by atoms with Gasteiger partial charge in [-0.2, -0.15) is 0 Å². The smallest absolute Gasteiger partial charge is 0.123 e. The standard InChI is InChI=1S/C25H30O/c1-18-16-21(19-10-4-3-5-11-19)22-13-8-9-15-25(22)24(18,2)17-20-12-6-7-14-23(20)26-25/h3-7,10-12,14,18,21-22H,8-9,13,15-17H2,1-2H3/t18-,21-,22-,24-,25+/m0/s1. The molecule has 0 aromatic heterocycles. The topological polar surface area (TPSA) is 9.23 Å². The third-order valence-electron chi connectivity index (χ3n) is 8.11. The van der Waals surface area contributed by atoms with Gasteiger partial charge in [-0.3, -0.25) is 0 Å². The largest absolute Gasteiger partial charge is 0.486 e. The summed E-state index contributed by atoms with van der Waals surface area (Å²) < 4.78 is 7.05. The van der Waals surface area contributed by atoms with E-state index < -0.39 is 0 Å². The highest BCUT2D eigenvalue weighted by molar-refractivity contribution is 5.40. The van der Waals surface area contributed by atoms with E-state index in [1.807, 2.05) is 0 Å². The van der Waals surface area contributed by atoms with Crippen molar-refractivity contribution in [2.75, 3.05) is 0 Å². The van der Waals surface area contributed by atoms with Crippen LogP contribution in [0.4, 0.5) is 0 Å². The van der Waals surface area contributed by atoms with Gasteiger partial charge in [0.1, 0.15) is 11.4 Å². The van der Waals surface area contributed by atoms with Crippen molar-refractivity contribution in [1.82, 2.24) is 0 Å². The zero-order valence-corrected chi connectivity index (χ0v) is 16.1. The van der Waals surface area contributed by atoms with E-state index >= 15 is 0 Å². The Hall–Kier alpha value is -1.76. The second-order valence-corrected chi connectivity index (χ2v) is 9.20. The molecule has 0 N–H and O–H groups in total. The first kappa shape index (κ1) is 16.4. The van der Waals surface area contributed by atoms with E-state index in [-0.39, 0.29) is 11.0 Å². The maximum atomic E-state index is 7.05. The van der Waals surface area contributed by atoms with E-state index in [0.717, 1.165) is 5.75 Å². The number of hydrogen-bond donors (Lipinski definition) is 0. The maximum absolute atomic E-state index is 7.05. The molecular formula is C25H30O. The number of para-hydroxylation sites is 1. The van der Waals surface area contributed by atoms with Gasteiger partial charge in [0, 0.05) is 11.3 Å². The number of hydrogen-bond acceptors (Lipinski definition) is 1. The Kier molecular flexibility index (Phi) is 3.71. The fourth-order valence-corrected chi connectivity index (χ4v) is 6.61. The summed E-state index contributed by atoms with van der Waals surface area (Å²) in [5.41, 5.74) is 3.17. The molecule has 2 aromatic carbocycles. The highest BCUT2D eigenvalue weighted by Gasteiger charge is 2.64. The molecule has 2 saturated carbocycles. The van der Waals surface area contributed by atoms with Gasteiger partial charge in [-0.1, -0.05) is 68.8 Å². The van der Waals surface area contributed by atoms with Crippen molar-refractivity contribution in [2.24, 2.45) is 17.3 Å². The van der Waals surface area contributed by atoms with Crippen molar-refractivity contribution in [1.29, 1.82) is 0 Å². The molecule has 0 radical (unpaired) electrons. The molecule has 1 aliphatic heterocycles. The van der Waals surface area contributed by atoms with Gasteiger partial charge >= 0.3 is 0 Å². The molecule has 1 heterocycles. The van der Waals surface area contributed by atoms with Crippen LogP contribution in [0.1, 0.15) is 63.0 Å². The van der Waals surface area contributed by atoms with Crippen LogP contribution in [0.15, 0.2) is 54.6 Å². The molecule has 136 valence electrons. The molecule has 2 fully saturated rings. The first-order valence-corrected chi connectivity index (χ1v) is 10.5. The van der Waals surface area contributed by atoms with E-state index in [2.05, 4.69) is 68.4 Å². The molecule has 0 saturated heterocycles. The lowest BCUT2D eigenvalue weighted by atomic mass is 9.45. The molecule has 5 rings (SSSR count). The van der Waals surface area contributed by atoms with Gasteiger partial charge in [0.2, 0.25) is 0 Å². The van der Waals surface area contributed by atoms with E-state index in [1.165, 1.54) is 49.7 Å². The van der Waals surface area contributed by atoms with Crippen molar-refractivity contribution in [2.45, 2.75) is 63.9 Å². The van der Waals surface area contributed by atoms with E-state index in [0.29, 0.717) is 17.8 Å². The quantitative estimate of drug-likeness (QED) is 0.582. The first-order chi connectivity index (χ1) is 12.6. The molecule has 26 heavy (non-hydrogen) atoms. The number of ether oxygens (including phenoxy) is 1. The lowest BCUT2D eigenvalue weighted by Gasteiger charge is -2.64. The fourth-order valence-electron chi connectivity index (χ4n) is 6.61. The minimum atomic E-state index is -0.00220. The molecule has 2 aliphatic carbocycles. The highest BCUT2D eigenvalue weighted by Crippen LogP contribution is 2.65. The van der Waals surface area contributed by atoms with E-state index in [4.69, 9.17) is 4.74 Å². The second kappa shape index (κ2) is 5.87. The predicted octanol–water partition coefficient (Wildman–Crippen LogP) is 6.38. The maximum Gasteiger partial charge on any atom is 0.123 e. The molecule has 5 atom stereocenters. The summed E-state index contributed by atoms with van der Waals surface area (Å²) >= 11 is 0. The third-order valence-corrected chi connectivity index (χ3v) is 8.11. The van der Waals surface area contributed by atoms with Crippen LogP contribution in [-0.2, 0) is 6.42 Å². The minimum Gasteiger partial charge on any atom is -0.486 e. The predicted molar refractivity (Wildman–Crippen MR) is 107 cm³/mol. The molecule has 1 spiro atoms. The Morgan fingerprint density at radius 2 is 1.73 bits per heavy atom. The van der Waals surface area contributed by atoms with Crippen LogP contribution in [-0.4, -0.2) is 5.60 Å². The Morgan fingerprint density at radius 3 is 2.58 bits per heavy atom. The van der Waals surface area contributed by atoms with Crippen molar-refractivity contribution in [3.8, 4) is 5.75 Å². The number of benzene rings is 2. The summed E-state index contributed by atoms with van der Waals surface area (Å²) in [6.07, 6.45) is 7.65. The third kappa shape index (κ3) is 2.15. The fraction of sp³-hybridized carbons (Fsp3) is 0.520. The summed E-state index contributed by atoms with van der Waals surface area (Å²) in [7, 11) is 0. The lowest BCUT2D eigenvalue weighted by molar-refractivity contribution is -0.186. The molecule has 0 bridgehead atoms. The zero-order chi connectivity index (χ0) is 17.8. The van der Waals surface area contributed by atoms with Gasteiger partial charge in [0.25, 0.3) is 0 Å². The van der Waals surface area contributed by atoms with Crippen LogP contribution in [0, 0.1) is 17.3 Å². The van der Waals surface area contributed by atoms with Gasteiger partial charge in [-0.05, 0) is 61.1 Å². The van der Waals surface area contributed by atoms with Crippen LogP contribution < -0.4 is 4.74 Å². The molecular weight excluding hydrogens is 316 g/mol. The van der Waals surface area contributed by atoms with Crippen molar-refractivity contribution < 1.29 is 4.74 Å². The summed E-state index contributed by atoms with van der Waals surface area (Å²) in [5, 5.41) is 0. The lowest BCUT2D eigenvalue weighted by Crippen LogP contribution is -2.66. The van der Waals surface area contributed by atoms with Crippen molar-refractivity contribution >= 4 is 0 Å². The Bertz CT molecular complexity index is 797. The number of fused-ring (bicyclic) bond motifs is 1. The molecule has 1 heteroatoms. The molecule has 1 nitrogen and oxygen atoms in total. The van der Waals surface area contributed by atoms with Crippen LogP contribution in [0.25, 0.3) is 0 Å². The monoisotopic (exact) mass is 346 g/mol. The highest BCUT2D eigenvalue weighted by atomic mass is 16.5. The Morgan fingerprint density at radius 1 is 0.962 bits per heavy atom. The molecule has 3 aliphatic rings. The second-order valence-electron chi connectivity index (χ2n) is 9.20. The van der Waals surface area contributed by atoms with Crippen LogP contribution >= 0.6 is 0 Å². The zero-order valence-electron chi connectivity index (χ0n) is 16.1. The summed E-state index contributed by atoms with van der Waals surface area (Å²) in [4.78, 5) is 0. The first-order valence-electron chi connectivity index (χ1n) is 10.5. The van der Waals surface area contributed by atoms with Crippen LogP contribution in [0.2, 0.25) is 0 Å². The average Bonchev–Trinajstić information content (AvgIpc) is 2.67. The SMILES string of the molecule is C[C@H]1C[C@@H](c2ccccc2)[C@@H]2CCCC[C@@]23Oc2ccccc2C[C@@]13C. The summed E-state index contributed by atoms with van der Waals surface area (Å²) in [6, 6.07) is 20.0. The molecule has 2 aromatic rings. The van der Waals surface area contributed by atoms with Crippen LogP contribution in [0.3, 0.4) is 0 Å². The summed E-state index contributed by atoms with van der Waals surface area (Å²) in [5.74, 6) is 3.08. The molecule has 0 amide bonds. The van der Waals surface area contributed by atoms with E-state index in [1.54, 1.807) is 0 Å². The van der Waals surface area contributed by atoms with Crippen molar-refractivity contribution in [3.63, 3.8) is 0 Å². The van der Waals surface area contributed by atoms with Gasteiger partial charge < -0.3 is 4.74 Å². The molecule has 0 unspecified atom stereocenters. The van der Waals surface area contributed by atoms with Gasteiger partial charge in [-0.15, -0.1) is 0 Å². The Labute approximate surface area is 157 Å². The number of rotatable bonds is 1. The van der Waals surface area contributed by atoms with Crippen molar-refractivity contribution in [3.05, 3.63) is 65.7 Å². The summed E-state index contributed by atoms with van der Waals surface area (Å²) in [6.45, 7) is 5.02. The normalized spacial score (nSPS) is 38.5. The Balaban J connectivity index is 1.65. The van der Waals surface area contributed by atoms with Gasteiger partial charge in [0.15, 0.2) is 0 Å². The van der Waals surface area contributed by atoms with Crippen LogP contribution in [0.5, 0.6) is 5.75 Å². The average molecular weight is 347 g/mol.